The Bertz CT molecular complexity index is 1510. The summed E-state index contributed by atoms with van der Waals surface area (Å²) in [5, 5.41) is 112. The molecule has 45 heavy (non-hydrogen) atoms. The van der Waals surface area contributed by atoms with Gasteiger partial charge in [-0.15, -0.1) is 0 Å². The molecule has 2 aliphatic heterocycles. The maximum absolute atomic E-state index is 10.9. The maximum atomic E-state index is 10.9. The Morgan fingerprint density at radius 3 is 1.80 bits per heavy atom. The summed E-state index contributed by atoms with van der Waals surface area (Å²) in [6.07, 6.45) is -16.3. The van der Waals surface area contributed by atoms with Crippen molar-refractivity contribution in [3.05, 3.63) is 30.3 Å². The third-order valence-corrected chi connectivity index (χ3v) is 7.53. The van der Waals surface area contributed by atoms with E-state index in [4.69, 9.17) is 28.1 Å². The van der Waals surface area contributed by atoms with Crippen LogP contribution in [0.1, 0.15) is 0 Å². The minimum atomic E-state index is -1.82. The number of rotatable bonds is 8. The SMILES string of the molecule is COc1cc(-c2[o+]c3cc(O[C@@H]4O[C@H](CO)[C@@H](O)[C@H](O)[C@H]4O)cc(O)c3cc2O[C@@H]2O[C@H](CO)[C@@H](O)[C@H](O)[C@H]2O)cc(O)c1O. The Balaban J connectivity index is 1.59. The number of phenols is 3. The number of aromatic hydroxyl groups is 3. The predicted octanol–water partition coefficient (Wildman–Crippen LogP) is -2.14. The summed E-state index contributed by atoms with van der Waals surface area (Å²) >= 11 is 0. The zero-order valence-corrected chi connectivity index (χ0v) is 23.4. The number of ether oxygens (including phenoxy) is 5. The van der Waals surface area contributed by atoms with Gasteiger partial charge in [0.15, 0.2) is 11.5 Å². The third kappa shape index (κ3) is 6.10. The van der Waals surface area contributed by atoms with E-state index in [0.29, 0.717) is 0 Å². The van der Waals surface area contributed by atoms with E-state index in [9.17, 15) is 56.2 Å². The number of aliphatic hydroxyl groups excluding tert-OH is 8. The molecule has 3 heterocycles. The highest BCUT2D eigenvalue weighted by molar-refractivity contribution is 5.89. The van der Waals surface area contributed by atoms with Crippen LogP contribution in [0, 0.1) is 0 Å². The van der Waals surface area contributed by atoms with Crippen molar-refractivity contribution in [1.82, 2.24) is 0 Å². The molecule has 3 aromatic rings. The van der Waals surface area contributed by atoms with Crippen molar-refractivity contribution < 1.29 is 84.3 Å². The average molecular weight is 642 g/mol. The van der Waals surface area contributed by atoms with Crippen molar-refractivity contribution in [1.29, 1.82) is 0 Å². The lowest BCUT2D eigenvalue weighted by atomic mass is 9.99. The summed E-state index contributed by atoms with van der Waals surface area (Å²) in [6, 6.07) is 5.91. The number of benzene rings is 2. The van der Waals surface area contributed by atoms with E-state index in [1.165, 1.54) is 25.3 Å². The van der Waals surface area contributed by atoms with Gasteiger partial charge in [0.2, 0.25) is 24.1 Å². The highest BCUT2D eigenvalue weighted by Crippen LogP contribution is 2.45. The van der Waals surface area contributed by atoms with E-state index in [1.807, 2.05) is 0 Å². The van der Waals surface area contributed by atoms with Gasteiger partial charge in [0, 0.05) is 24.3 Å². The van der Waals surface area contributed by atoms with Crippen LogP contribution in [-0.4, -0.2) is 138 Å². The van der Waals surface area contributed by atoms with E-state index in [1.54, 1.807) is 0 Å². The van der Waals surface area contributed by atoms with Crippen LogP contribution >= 0.6 is 0 Å². The molecule has 0 saturated carbocycles. The molecule has 0 radical (unpaired) electrons. The van der Waals surface area contributed by atoms with E-state index < -0.39 is 91.9 Å². The van der Waals surface area contributed by atoms with Gasteiger partial charge in [-0.2, -0.15) is 0 Å². The van der Waals surface area contributed by atoms with Crippen molar-refractivity contribution in [2.45, 2.75) is 61.4 Å². The molecular weight excluding hydrogens is 608 g/mol. The normalized spacial score (nSPS) is 31.9. The molecule has 0 bridgehead atoms. The summed E-state index contributed by atoms with van der Waals surface area (Å²) < 4.78 is 33.3. The minimum Gasteiger partial charge on any atom is -0.507 e. The topological polar surface area (TPSA) is 280 Å². The molecular formula is C28H33O17+. The van der Waals surface area contributed by atoms with Crippen LogP contribution in [0.25, 0.3) is 22.3 Å². The quantitative estimate of drug-likeness (QED) is 0.0925. The summed E-state index contributed by atoms with van der Waals surface area (Å²) in [7, 11) is 1.22. The van der Waals surface area contributed by atoms with Crippen molar-refractivity contribution in [3.63, 3.8) is 0 Å². The highest BCUT2D eigenvalue weighted by Gasteiger charge is 2.47. The maximum Gasteiger partial charge on any atom is 0.402 e. The first-order valence-corrected chi connectivity index (χ1v) is 13.6. The molecule has 0 aliphatic carbocycles. The largest absolute Gasteiger partial charge is 0.507 e. The fraction of sp³-hybridized carbons (Fsp3) is 0.464. The molecule has 11 N–H and O–H groups in total. The Labute approximate surface area is 253 Å². The molecule has 0 spiro atoms. The van der Waals surface area contributed by atoms with E-state index in [0.717, 1.165) is 12.1 Å². The number of hydrogen-bond acceptors (Lipinski definition) is 16. The Morgan fingerprint density at radius 2 is 1.24 bits per heavy atom. The lowest BCUT2D eigenvalue weighted by Crippen LogP contribution is -2.60. The molecule has 246 valence electrons. The van der Waals surface area contributed by atoms with Crippen molar-refractivity contribution in [2.75, 3.05) is 20.3 Å². The standard InChI is InChI=1S/C28H32O17/c1-40-15-3-9(2-13(32)19(15)33)26-16(43-28-25(39)23(37)21(35)18(8-30)45-28)6-11-12(31)4-10(5-14(11)42-26)41-27-24(38)22(36)20(34)17(7-29)44-27/h2-6,17-18,20-25,27-30,34-39H,7-8H2,1H3,(H2-,31,32,33)/p+1/t17-,18-,20-,21-,22+,23+,24-,25-,27-,28-/m1/s1. The van der Waals surface area contributed by atoms with Crippen LogP contribution < -0.4 is 14.2 Å². The molecule has 5 rings (SSSR count). The predicted molar refractivity (Wildman–Crippen MR) is 146 cm³/mol. The molecule has 0 amide bonds. The van der Waals surface area contributed by atoms with Crippen LogP contribution in [0.2, 0.25) is 0 Å². The fourth-order valence-corrected chi connectivity index (χ4v) is 5.00. The second kappa shape index (κ2) is 12.9. The van der Waals surface area contributed by atoms with E-state index in [-0.39, 0.29) is 39.5 Å². The van der Waals surface area contributed by atoms with Gasteiger partial charge in [0.1, 0.15) is 65.7 Å². The first-order valence-electron chi connectivity index (χ1n) is 13.6. The smallest absolute Gasteiger partial charge is 0.402 e. The number of methoxy groups -OCH3 is 1. The minimum absolute atomic E-state index is 0.0190. The Hall–Kier alpha value is -3.75. The fourth-order valence-electron chi connectivity index (χ4n) is 5.00. The van der Waals surface area contributed by atoms with Gasteiger partial charge >= 0.3 is 11.3 Å². The van der Waals surface area contributed by atoms with Crippen LogP contribution in [-0.2, 0) is 9.47 Å². The Kier molecular flexibility index (Phi) is 9.38. The van der Waals surface area contributed by atoms with Crippen molar-refractivity contribution >= 4 is 11.0 Å². The first kappa shape index (κ1) is 32.6. The second-order valence-electron chi connectivity index (χ2n) is 10.5. The summed E-state index contributed by atoms with van der Waals surface area (Å²) in [5.74, 6) is -2.50. The van der Waals surface area contributed by atoms with Crippen LogP contribution in [0.4, 0.5) is 0 Å². The lowest BCUT2D eigenvalue weighted by Gasteiger charge is -2.39. The molecule has 2 fully saturated rings. The van der Waals surface area contributed by atoms with Crippen molar-refractivity contribution in [3.8, 4) is 45.8 Å². The zero-order chi connectivity index (χ0) is 32.7. The van der Waals surface area contributed by atoms with Gasteiger partial charge in [0.05, 0.1) is 32.0 Å². The summed E-state index contributed by atoms with van der Waals surface area (Å²) in [6.45, 7) is -1.44. The number of aliphatic hydroxyl groups is 8. The molecule has 10 atom stereocenters. The van der Waals surface area contributed by atoms with Gasteiger partial charge in [-0.1, -0.05) is 0 Å². The van der Waals surface area contributed by atoms with Crippen molar-refractivity contribution in [2.24, 2.45) is 0 Å². The molecule has 2 aromatic carbocycles. The molecule has 17 nitrogen and oxygen atoms in total. The molecule has 17 heteroatoms. The molecule has 2 aliphatic rings. The van der Waals surface area contributed by atoms with E-state index >= 15 is 0 Å². The highest BCUT2D eigenvalue weighted by atomic mass is 16.7. The molecule has 0 unspecified atom stereocenters. The van der Waals surface area contributed by atoms with E-state index in [2.05, 4.69) is 0 Å². The lowest BCUT2D eigenvalue weighted by molar-refractivity contribution is -0.277. The monoisotopic (exact) mass is 641 g/mol. The second-order valence-corrected chi connectivity index (χ2v) is 10.5. The van der Waals surface area contributed by atoms with Crippen LogP contribution in [0.5, 0.6) is 34.5 Å². The first-order chi connectivity index (χ1) is 21.4. The van der Waals surface area contributed by atoms with Gasteiger partial charge in [0.25, 0.3) is 0 Å². The number of hydrogen-bond donors (Lipinski definition) is 11. The summed E-state index contributed by atoms with van der Waals surface area (Å²) in [4.78, 5) is 0. The zero-order valence-electron chi connectivity index (χ0n) is 23.4. The number of phenolic OH excluding ortho intramolecular Hbond substituents is 3. The average Bonchev–Trinajstić information content (AvgIpc) is 3.02. The Morgan fingerprint density at radius 1 is 0.667 bits per heavy atom. The van der Waals surface area contributed by atoms with Crippen LogP contribution in [0.3, 0.4) is 0 Å². The molecule has 1 aromatic heterocycles. The van der Waals surface area contributed by atoms with Crippen LogP contribution in [0.15, 0.2) is 34.7 Å². The molecule has 2 saturated heterocycles. The van der Waals surface area contributed by atoms with Gasteiger partial charge in [-0.3, -0.25) is 0 Å². The summed E-state index contributed by atoms with van der Waals surface area (Å²) in [5.41, 5.74) is -0.0688. The number of fused-ring (bicyclic) bond motifs is 1. The van der Waals surface area contributed by atoms with Gasteiger partial charge < -0.3 is 79.9 Å². The van der Waals surface area contributed by atoms with Gasteiger partial charge in [-0.05, 0) is 0 Å². The third-order valence-electron chi connectivity index (χ3n) is 7.53. The van der Waals surface area contributed by atoms with Gasteiger partial charge in [-0.25, -0.2) is 4.42 Å².